The number of carbonyl (C=O) groups is 1. The van der Waals surface area contributed by atoms with Crippen LogP contribution in [-0.2, 0) is 11.8 Å². The van der Waals surface area contributed by atoms with E-state index in [0.717, 1.165) is 5.56 Å². The van der Waals surface area contributed by atoms with E-state index in [1.165, 1.54) is 0 Å². The summed E-state index contributed by atoms with van der Waals surface area (Å²) < 4.78 is 1.80. The fourth-order valence-electron chi connectivity index (χ4n) is 1.74. The van der Waals surface area contributed by atoms with E-state index in [1.54, 1.807) is 17.8 Å². The summed E-state index contributed by atoms with van der Waals surface area (Å²) >= 11 is 0. The van der Waals surface area contributed by atoms with Crippen molar-refractivity contribution in [2.75, 3.05) is 5.32 Å². The number of amides is 1. The van der Waals surface area contributed by atoms with Crippen LogP contribution >= 0.6 is 0 Å². The van der Waals surface area contributed by atoms with Gasteiger partial charge in [-0.1, -0.05) is 19.1 Å². The number of carbonyl (C=O) groups excluding carboxylic acids is 1. The van der Waals surface area contributed by atoms with Crippen LogP contribution < -0.4 is 11.1 Å². The largest absolute Gasteiger partial charge is 0.324 e. The minimum atomic E-state index is -0.896. The van der Waals surface area contributed by atoms with Crippen LogP contribution in [-0.4, -0.2) is 26.2 Å². The van der Waals surface area contributed by atoms with E-state index in [0.29, 0.717) is 17.9 Å². The summed E-state index contributed by atoms with van der Waals surface area (Å²) in [6, 6.07) is 7.46. The number of nitrogens with one attached hydrogen (secondary N) is 1. The number of anilines is 1. The molecule has 1 aromatic heterocycles. The highest BCUT2D eigenvalue weighted by atomic mass is 16.2. The molecule has 0 bridgehead atoms. The van der Waals surface area contributed by atoms with Gasteiger partial charge in [0.25, 0.3) is 0 Å². The van der Waals surface area contributed by atoms with Gasteiger partial charge in [-0.15, -0.1) is 10.2 Å². The van der Waals surface area contributed by atoms with E-state index < -0.39 is 5.54 Å². The number of rotatable bonds is 4. The zero-order chi connectivity index (χ0) is 14.8. The van der Waals surface area contributed by atoms with Gasteiger partial charge in [-0.25, -0.2) is 0 Å². The number of benzene rings is 1. The second-order valence-corrected chi connectivity index (χ2v) is 5.04. The molecule has 2 rings (SSSR count). The van der Waals surface area contributed by atoms with E-state index in [-0.39, 0.29) is 5.91 Å². The Morgan fingerprint density at radius 1 is 1.45 bits per heavy atom. The molecule has 20 heavy (non-hydrogen) atoms. The third kappa shape index (κ3) is 2.70. The number of para-hydroxylation sites is 1. The van der Waals surface area contributed by atoms with Crippen molar-refractivity contribution in [1.29, 1.82) is 0 Å². The Morgan fingerprint density at radius 2 is 2.15 bits per heavy atom. The SMILES string of the molecule is CCC(C)(N)C(=O)Nc1ccccc1-c1nncn1C. The van der Waals surface area contributed by atoms with Gasteiger partial charge in [0.2, 0.25) is 5.91 Å². The summed E-state index contributed by atoms with van der Waals surface area (Å²) in [5.41, 5.74) is 6.56. The van der Waals surface area contributed by atoms with Crippen LogP contribution in [0.4, 0.5) is 5.69 Å². The molecule has 0 saturated carbocycles. The zero-order valence-corrected chi connectivity index (χ0v) is 11.9. The third-order valence-corrected chi connectivity index (χ3v) is 3.38. The Morgan fingerprint density at radius 3 is 2.75 bits per heavy atom. The third-order valence-electron chi connectivity index (χ3n) is 3.38. The molecular formula is C14H19N5O. The van der Waals surface area contributed by atoms with E-state index in [4.69, 9.17) is 5.73 Å². The quantitative estimate of drug-likeness (QED) is 0.885. The molecule has 1 heterocycles. The normalized spacial score (nSPS) is 13.8. The number of hydrogen-bond acceptors (Lipinski definition) is 4. The van der Waals surface area contributed by atoms with Crippen LogP contribution in [0.25, 0.3) is 11.4 Å². The number of hydrogen-bond donors (Lipinski definition) is 2. The molecule has 0 aliphatic rings. The summed E-state index contributed by atoms with van der Waals surface area (Å²) in [5, 5.41) is 10.8. The topological polar surface area (TPSA) is 85.8 Å². The van der Waals surface area contributed by atoms with Gasteiger partial charge in [-0.2, -0.15) is 0 Å². The first kappa shape index (κ1) is 14.2. The molecule has 2 aromatic rings. The van der Waals surface area contributed by atoms with E-state index in [9.17, 15) is 4.79 Å². The van der Waals surface area contributed by atoms with E-state index >= 15 is 0 Å². The molecule has 0 aliphatic heterocycles. The van der Waals surface area contributed by atoms with Crippen LogP contribution in [0.5, 0.6) is 0 Å². The molecule has 6 nitrogen and oxygen atoms in total. The summed E-state index contributed by atoms with van der Waals surface area (Å²) in [7, 11) is 1.85. The van der Waals surface area contributed by atoms with Crippen molar-refractivity contribution < 1.29 is 4.79 Å². The van der Waals surface area contributed by atoms with Crippen LogP contribution in [0.2, 0.25) is 0 Å². The van der Waals surface area contributed by atoms with Crippen LogP contribution in [0.3, 0.4) is 0 Å². The van der Waals surface area contributed by atoms with Crippen molar-refractivity contribution in [1.82, 2.24) is 14.8 Å². The van der Waals surface area contributed by atoms with Gasteiger partial charge in [0, 0.05) is 12.6 Å². The number of nitrogens with two attached hydrogens (primary N) is 1. The molecule has 0 radical (unpaired) electrons. The lowest BCUT2D eigenvalue weighted by atomic mass is 9.99. The Hall–Kier alpha value is -2.21. The minimum absolute atomic E-state index is 0.213. The van der Waals surface area contributed by atoms with E-state index in [1.807, 2.05) is 38.2 Å². The predicted molar refractivity (Wildman–Crippen MR) is 78.0 cm³/mol. The maximum absolute atomic E-state index is 12.2. The van der Waals surface area contributed by atoms with Crippen LogP contribution in [0, 0.1) is 0 Å². The molecule has 0 saturated heterocycles. The molecule has 1 amide bonds. The standard InChI is InChI=1S/C14H19N5O/c1-4-14(2,15)13(20)17-11-8-6-5-7-10(11)12-18-16-9-19(12)3/h5-9H,4,15H2,1-3H3,(H,17,20). The van der Waals surface area contributed by atoms with Gasteiger partial charge in [0.1, 0.15) is 6.33 Å². The smallest absolute Gasteiger partial charge is 0.244 e. The molecular weight excluding hydrogens is 254 g/mol. The first-order valence-electron chi connectivity index (χ1n) is 6.49. The van der Waals surface area contributed by atoms with Gasteiger partial charge >= 0.3 is 0 Å². The number of aryl methyl sites for hydroxylation is 1. The first-order valence-corrected chi connectivity index (χ1v) is 6.49. The first-order chi connectivity index (χ1) is 9.45. The van der Waals surface area contributed by atoms with Crippen molar-refractivity contribution in [2.24, 2.45) is 12.8 Å². The average molecular weight is 273 g/mol. The van der Waals surface area contributed by atoms with Crippen molar-refractivity contribution in [3.63, 3.8) is 0 Å². The van der Waals surface area contributed by atoms with E-state index in [2.05, 4.69) is 15.5 Å². The molecule has 0 spiro atoms. The Bertz CT molecular complexity index is 618. The molecule has 3 N–H and O–H groups in total. The summed E-state index contributed by atoms with van der Waals surface area (Å²) in [4.78, 5) is 12.2. The Balaban J connectivity index is 2.35. The van der Waals surface area contributed by atoms with Gasteiger partial charge in [0.05, 0.1) is 11.2 Å². The number of nitrogens with zero attached hydrogens (tertiary/aromatic N) is 3. The highest BCUT2D eigenvalue weighted by Crippen LogP contribution is 2.26. The van der Waals surface area contributed by atoms with Gasteiger partial charge in [-0.05, 0) is 25.5 Å². The average Bonchev–Trinajstić information content (AvgIpc) is 2.85. The zero-order valence-electron chi connectivity index (χ0n) is 11.9. The molecule has 0 aliphatic carbocycles. The second kappa shape index (κ2) is 5.42. The maximum atomic E-state index is 12.2. The molecule has 0 fully saturated rings. The fourth-order valence-corrected chi connectivity index (χ4v) is 1.74. The van der Waals surface area contributed by atoms with Crippen LogP contribution in [0.1, 0.15) is 20.3 Å². The summed E-state index contributed by atoms with van der Waals surface area (Å²) in [6.45, 7) is 3.60. The van der Waals surface area contributed by atoms with Crippen molar-refractivity contribution in [2.45, 2.75) is 25.8 Å². The molecule has 1 atom stereocenters. The lowest BCUT2D eigenvalue weighted by molar-refractivity contribution is -0.120. The summed E-state index contributed by atoms with van der Waals surface area (Å²) in [6.07, 6.45) is 2.18. The molecule has 106 valence electrons. The van der Waals surface area contributed by atoms with Gasteiger partial charge in [-0.3, -0.25) is 4.79 Å². The van der Waals surface area contributed by atoms with Crippen molar-refractivity contribution >= 4 is 11.6 Å². The van der Waals surface area contributed by atoms with Crippen LogP contribution in [0.15, 0.2) is 30.6 Å². The fraction of sp³-hybridized carbons (Fsp3) is 0.357. The highest BCUT2D eigenvalue weighted by Gasteiger charge is 2.26. The highest BCUT2D eigenvalue weighted by molar-refractivity contribution is 6.00. The Kier molecular flexibility index (Phi) is 3.85. The lowest BCUT2D eigenvalue weighted by Crippen LogP contribution is -2.47. The molecule has 6 heteroatoms. The van der Waals surface area contributed by atoms with Crippen molar-refractivity contribution in [3.05, 3.63) is 30.6 Å². The molecule has 1 aromatic carbocycles. The molecule has 1 unspecified atom stereocenters. The monoisotopic (exact) mass is 273 g/mol. The summed E-state index contributed by atoms with van der Waals surface area (Å²) in [5.74, 6) is 0.478. The Labute approximate surface area is 118 Å². The maximum Gasteiger partial charge on any atom is 0.244 e. The predicted octanol–water partition coefficient (Wildman–Crippen LogP) is 1.55. The van der Waals surface area contributed by atoms with Crippen molar-refractivity contribution in [3.8, 4) is 11.4 Å². The van der Waals surface area contributed by atoms with Gasteiger partial charge < -0.3 is 15.6 Å². The second-order valence-electron chi connectivity index (χ2n) is 5.04. The lowest BCUT2D eigenvalue weighted by Gasteiger charge is -2.22. The van der Waals surface area contributed by atoms with Gasteiger partial charge in [0.15, 0.2) is 5.82 Å². The number of aromatic nitrogens is 3. The minimum Gasteiger partial charge on any atom is -0.324 e.